The lowest BCUT2D eigenvalue weighted by atomic mass is 10.2. The summed E-state index contributed by atoms with van der Waals surface area (Å²) >= 11 is 3.10. The van der Waals surface area contributed by atoms with Crippen LogP contribution in [-0.4, -0.2) is 20.9 Å². The molecule has 0 aliphatic heterocycles. The van der Waals surface area contributed by atoms with E-state index in [-0.39, 0.29) is 17.1 Å². The molecular weight excluding hydrogens is 478 g/mol. The van der Waals surface area contributed by atoms with E-state index in [4.69, 9.17) is 0 Å². The Kier molecular flexibility index (Phi) is 6.96. The third-order valence-electron chi connectivity index (χ3n) is 4.22. The minimum absolute atomic E-state index is 0.134. The zero-order valence-electron chi connectivity index (χ0n) is 15.5. The molecule has 2 N–H and O–H groups in total. The highest BCUT2D eigenvalue weighted by atomic mass is 79.9. The second-order valence-corrected chi connectivity index (χ2v) is 9.04. The number of sulfonamides is 1. The highest BCUT2D eigenvalue weighted by Gasteiger charge is 2.20. The molecule has 0 radical (unpaired) electrons. The standard InChI is InChI=1S/C21H17BrF2N2O3S/c22-15-6-9-20(19(24)12-15)26-21(27)17-13-16(7-8-18(17)23)30(28,29)25-11-10-14-4-2-1-3-5-14/h1-9,12-13,25H,10-11H2,(H,26,27). The molecule has 9 heteroatoms. The van der Waals surface area contributed by atoms with Crippen molar-refractivity contribution in [1.82, 2.24) is 4.72 Å². The molecule has 0 saturated heterocycles. The maximum atomic E-state index is 14.2. The molecule has 0 spiro atoms. The first kappa shape index (κ1) is 22.1. The third kappa shape index (κ3) is 5.50. The first-order valence-electron chi connectivity index (χ1n) is 8.86. The molecule has 5 nitrogen and oxygen atoms in total. The summed E-state index contributed by atoms with van der Waals surface area (Å²) in [4.78, 5) is 12.1. The molecule has 1 amide bonds. The van der Waals surface area contributed by atoms with Crippen LogP contribution in [0.25, 0.3) is 0 Å². The van der Waals surface area contributed by atoms with Gasteiger partial charge in [-0.25, -0.2) is 21.9 Å². The molecule has 0 aliphatic carbocycles. The number of hydrogen-bond donors (Lipinski definition) is 2. The van der Waals surface area contributed by atoms with Gasteiger partial charge in [-0.05, 0) is 48.4 Å². The summed E-state index contributed by atoms with van der Waals surface area (Å²) in [5.41, 5.74) is 0.288. The van der Waals surface area contributed by atoms with Gasteiger partial charge >= 0.3 is 0 Å². The normalized spacial score (nSPS) is 11.3. The lowest BCUT2D eigenvalue weighted by molar-refractivity contribution is 0.102. The molecule has 0 aliphatic rings. The van der Waals surface area contributed by atoms with Crippen molar-refractivity contribution in [2.24, 2.45) is 0 Å². The summed E-state index contributed by atoms with van der Waals surface area (Å²) in [6.45, 7) is 0.134. The number of hydrogen-bond acceptors (Lipinski definition) is 3. The van der Waals surface area contributed by atoms with Gasteiger partial charge in [0.2, 0.25) is 10.0 Å². The Labute approximate surface area is 181 Å². The molecule has 0 aromatic heterocycles. The van der Waals surface area contributed by atoms with Crippen LogP contribution in [0.4, 0.5) is 14.5 Å². The van der Waals surface area contributed by atoms with Gasteiger partial charge in [-0.2, -0.15) is 0 Å². The topological polar surface area (TPSA) is 75.3 Å². The largest absolute Gasteiger partial charge is 0.319 e. The van der Waals surface area contributed by atoms with Crippen LogP contribution in [-0.2, 0) is 16.4 Å². The molecule has 156 valence electrons. The van der Waals surface area contributed by atoms with Crippen molar-refractivity contribution in [3.8, 4) is 0 Å². The molecule has 3 aromatic rings. The molecule has 0 unspecified atom stereocenters. The van der Waals surface area contributed by atoms with Crippen molar-refractivity contribution in [2.45, 2.75) is 11.3 Å². The zero-order valence-corrected chi connectivity index (χ0v) is 17.9. The average molecular weight is 495 g/mol. The van der Waals surface area contributed by atoms with E-state index in [0.29, 0.717) is 10.9 Å². The number of rotatable bonds is 7. The van der Waals surface area contributed by atoms with E-state index in [1.807, 2.05) is 30.3 Å². The van der Waals surface area contributed by atoms with Crippen molar-refractivity contribution < 1.29 is 22.0 Å². The Hall–Kier alpha value is -2.62. The minimum Gasteiger partial charge on any atom is -0.319 e. The van der Waals surface area contributed by atoms with Gasteiger partial charge in [-0.15, -0.1) is 0 Å². The highest BCUT2D eigenvalue weighted by Crippen LogP contribution is 2.21. The Balaban J connectivity index is 1.75. The number of carbonyl (C=O) groups is 1. The van der Waals surface area contributed by atoms with Crippen molar-refractivity contribution in [1.29, 1.82) is 0 Å². The minimum atomic E-state index is -3.97. The summed E-state index contributed by atoms with van der Waals surface area (Å²) in [6.07, 6.45) is 0.470. The smallest absolute Gasteiger partial charge is 0.258 e. The highest BCUT2D eigenvalue weighted by molar-refractivity contribution is 9.10. The van der Waals surface area contributed by atoms with Gasteiger partial charge in [0.25, 0.3) is 5.91 Å². The van der Waals surface area contributed by atoms with E-state index >= 15 is 0 Å². The number of anilines is 1. The maximum Gasteiger partial charge on any atom is 0.258 e. The number of amides is 1. The Morgan fingerprint density at radius 3 is 2.37 bits per heavy atom. The Morgan fingerprint density at radius 2 is 1.67 bits per heavy atom. The average Bonchev–Trinajstić information content (AvgIpc) is 2.71. The first-order chi connectivity index (χ1) is 14.3. The first-order valence-corrected chi connectivity index (χ1v) is 11.1. The summed E-state index contributed by atoms with van der Waals surface area (Å²) in [5.74, 6) is -2.60. The maximum absolute atomic E-state index is 14.2. The van der Waals surface area contributed by atoms with Gasteiger partial charge in [-0.3, -0.25) is 4.79 Å². The molecule has 3 rings (SSSR count). The summed E-state index contributed by atoms with van der Waals surface area (Å²) in [6, 6.07) is 16.1. The van der Waals surface area contributed by atoms with Crippen LogP contribution in [0.1, 0.15) is 15.9 Å². The molecule has 0 saturated carbocycles. The van der Waals surface area contributed by atoms with E-state index in [1.54, 1.807) is 0 Å². The third-order valence-corrected chi connectivity index (χ3v) is 6.17. The summed E-state index contributed by atoms with van der Waals surface area (Å²) < 4.78 is 56.1. The van der Waals surface area contributed by atoms with E-state index in [2.05, 4.69) is 26.0 Å². The number of benzene rings is 3. The fourth-order valence-electron chi connectivity index (χ4n) is 2.68. The van der Waals surface area contributed by atoms with Gasteiger partial charge in [0.05, 0.1) is 16.1 Å². The van der Waals surface area contributed by atoms with Crippen LogP contribution >= 0.6 is 15.9 Å². The molecule has 0 bridgehead atoms. The summed E-state index contributed by atoms with van der Waals surface area (Å²) in [5, 5.41) is 2.25. The predicted molar refractivity (Wildman–Crippen MR) is 114 cm³/mol. The van der Waals surface area contributed by atoms with Crippen LogP contribution in [0, 0.1) is 11.6 Å². The fourth-order valence-corrected chi connectivity index (χ4v) is 4.07. The SMILES string of the molecule is O=C(Nc1ccc(Br)cc1F)c1cc(S(=O)(=O)NCCc2ccccc2)ccc1F. The van der Waals surface area contributed by atoms with Gasteiger partial charge in [0, 0.05) is 11.0 Å². The molecular formula is C21H17BrF2N2O3S. The molecule has 3 aromatic carbocycles. The van der Waals surface area contributed by atoms with E-state index in [9.17, 15) is 22.0 Å². The zero-order chi connectivity index (χ0) is 21.7. The van der Waals surface area contributed by atoms with Gasteiger partial charge in [-0.1, -0.05) is 46.3 Å². The van der Waals surface area contributed by atoms with E-state index < -0.39 is 33.1 Å². The van der Waals surface area contributed by atoms with Crippen LogP contribution in [0.3, 0.4) is 0 Å². The second-order valence-electron chi connectivity index (χ2n) is 6.35. The van der Waals surface area contributed by atoms with Gasteiger partial charge < -0.3 is 5.32 Å². The number of nitrogens with one attached hydrogen (secondary N) is 2. The van der Waals surface area contributed by atoms with Crippen molar-refractivity contribution >= 4 is 37.5 Å². The van der Waals surface area contributed by atoms with Crippen molar-refractivity contribution in [2.75, 3.05) is 11.9 Å². The monoisotopic (exact) mass is 494 g/mol. The molecule has 0 fully saturated rings. The molecule has 0 atom stereocenters. The van der Waals surface area contributed by atoms with Crippen molar-refractivity contribution in [3.05, 3.63) is 94.0 Å². The predicted octanol–water partition coefficient (Wildman–Crippen LogP) is 4.50. The Bertz CT molecular complexity index is 1170. The van der Waals surface area contributed by atoms with Crippen LogP contribution in [0.5, 0.6) is 0 Å². The van der Waals surface area contributed by atoms with E-state index in [0.717, 1.165) is 29.8 Å². The Morgan fingerprint density at radius 1 is 0.933 bits per heavy atom. The fraction of sp³-hybridized carbons (Fsp3) is 0.0952. The van der Waals surface area contributed by atoms with Gasteiger partial charge in [0.1, 0.15) is 11.6 Å². The molecule has 0 heterocycles. The lowest BCUT2D eigenvalue weighted by Gasteiger charge is -2.11. The number of halogens is 3. The summed E-state index contributed by atoms with van der Waals surface area (Å²) in [7, 11) is -3.97. The second kappa shape index (κ2) is 9.46. The van der Waals surface area contributed by atoms with Gasteiger partial charge in [0.15, 0.2) is 0 Å². The number of carbonyl (C=O) groups excluding carboxylic acids is 1. The quantitative estimate of drug-likeness (QED) is 0.507. The van der Waals surface area contributed by atoms with Crippen LogP contribution < -0.4 is 10.0 Å². The molecule has 30 heavy (non-hydrogen) atoms. The lowest BCUT2D eigenvalue weighted by Crippen LogP contribution is -2.26. The van der Waals surface area contributed by atoms with Crippen molar-refractivity contribution in [3.63, 3.8) is 0 Å². The van der Waals surface area contributed by atoms with Crippen LogP contribution in [0.15, 0.2) is 76.1 Å². The van der Waals surface area contributed by atoms with Crippen LogP contribution in [0.2, 0.25) is 0 Å². The van der Waals surface area contributed by atoms with E-state index in [1.165, 1.54) is 12.1 Å².